The highest BCUT2D eigenvalue weighted by molar-refractivity contribution is 7.89. The lowest BCUT2D eigenvalue weighted by molar-refractivity contribution is -0.275. The Morgan fingerprint density at radius 2 is 1.68 bits per heavy atom. The molecule has 40 heavy (non-hydrogen) atoms. The Morgan fingerprint density at radius 3 is 2.42 bits per heavy atom. The van der Waals surface area contributed by atoms with E-state index in [1.54, 1.807) is 22.8 Å². The fourth-order valence-electron chi connectivity index (χ4n) is 4.64. The van der Waals surface area contributed by atoms with Crippen LogP contribution in [0, 0.1) is 0 Å². The molecule has 2 aromatic heterocycles. The van der Waals surface area contributed by atoms with Gasteiger partial charge in [-0.3, -0.25) is 0 Å². The number of benzene rings is 2. The maximum Gasteiger partial charge on any atom is 0.573 e. The Balaban J connectivity index is 1.49. The number of hydrogen-bond acceptors (Lipinski definition) is 9. The number of aromatic nitrogens is 4. The van der Waals surface area contributed by atoms with Crippen LogP contribution in [0.3, 0.4) is 0 Å². The monoisotopic (exact) mass is 578 g/mol. The molecule has 15 heteroatoms. The summed E-state index contributed by atoms with van der Waals surface area (Å²) < 4.78 is 83.4. The number of nitrogens with zero attached hydrogens (tertiary/aromatic N) is 6. The molecule has 0 unspecified atom stereocenters. The minimum atomic E-state index is -5.04. The molecule has 0 N–H and O–H groups in total. The van der Waals surface area contributed by atoms with Crippen LogP contribution in [0.5, 0.6) is 17.2 Å². The molecule has 2 aromatic carbocycles. The summed E-state index contributed by atoms with van der Waals surface area (Å²) >= 11 is 0. The summed E-state index contributed by atoms with van der Waals surface area (Å²) in [5.74, 6) is 1.27. The van der Waals surface area contributed by atoms with Gasteiger partial charge in [0.2, 0.25) is 10.0 Å². The Bertz CT molecular complexity index is 1630. The van der Waals surface area contributed by atoms with Crippen molar-refractivity contribution in [1.29, 1.82) is 0 Å². The molecule has 0 radical (unpaired) electrons. The Hall–Kier alpha value is -4.11. The Labute approximate surface area is 227 Å². The molecule has 4 aromatic rings. The van der Waals surface area contributed by atoms with E-state index >= 15 is 0 Å². The first-order valence-corrected chi connectivity index (χ1v) is 13.6. The van der Waals surface area contributed by atoms with Gasteiger partial charge in [0.15, 0.2) is 11.5 Å². The molecule has 0 spiro atoms. The maximum atomic E-state index is 13.5. The van der Waals surface area contributed by atoms with Crippen LogP contribution in [0.1, 0.15) is 6.42 Å². The number of methoxy groups -OCH3 is 2. The molecule has 212 valence electrons. The van der Waals surface area contributed by atoms with Gasteiger partial charge in [-0.1, -0.05) is 18.2 Å². The van der Waals surface area contributed by atoms with E-state index in [1.807, 2.05) is 11.0 Å². The van der Waals surface area contributed by atoms with Gasteiger partial charge >= 0.3 is 6.36 Å². The van der Waals surface area contributed by atoms with E-state index in [0.717, 1.165) is 17.7 Å². The van der Waals surface area contributed by atoms with E-state index in [1.165, 1.54) is 37.0 Å². The lowest BCUT2D eigenvalue weighted by Gasteiger charge is -2.26. The van der Waals surface area contributed by atoms with Crippen molar-refractivity contribution in [1.82, 2.24) is 23.9 Å². The van der Waals surface area contributed by atoms with Crippen LogP contribution in [0.2, 0.25) is 0 Å². The Morgan fingerprint density at radius 1 is 0.900 bits per heavy atom. The van der Waals surface area contributed by atoms with Gasteiger partial charge in [-0.05, 0) is 36.2 Å². The third-order valence-electron chi connectivity index (χ3n) is 6.42. The van der Waals surface area contributed by atoms with E-state index in [2.05, 4.69) is 19.8 Å². The van der Waals surface area contributed by atoms with Gasteiger partial charge < -0.3 is 19.1 Å². The minimum Gasteiger partial charge on any atom is -0.493 e. The van der Waals surface area contributed by atoms with Gasteiger partial charge in [-0.25, -0.2) is 13.4 Å². The zero-order chi connectivity index (χ0) is 28.5. The summed E-state index contributed by atoms with van der Waals surface area (Å²) in [5, 5.41) is 4.34. The highest BCUT2D eigenvalue weighted by Gasteiger charge is 2.36. The summed E-state index contributed by atoms with van der Waals surface area (Å²) in [7, 11) is -1.23. The van der Waals surface area contributed by atoms with Gasteiger partial charge in [0, 0.05) is 37.9 Å². The number of alkyl halides is 3. The highest BCUT2D eigenvalue weighted by Crippen LogP contribution is 2.37. The number of anilines is 1. The average molecular weight is 579 g/mol. The predicted molar refractivity (Wildman–Crippen MR) is 138 cm³/mol. The second-order valence-electron chi connectivity index (χ2n) is 8.78. The second-order valence-corrected chi connectivity index (χ2v) is 10.7. The molecular weight excluding hydrogens is 553 g/mol. The van der Waals surface area contributed by atoms with Gasteiger partial charge in [0.25, 0.3) is 5.78 Å². The largest absolute Gasteiger partial charge is 0.573 e. The first-order chi connectivity index (χ1) is 19.1. The molecule has 0 saturated carbocycles. The zero-order valence-corrected chi connectivity index (χ0v) is 22.3. The van der Waals surface area contributed by atoms with Crippen molar-refractivity contribution in [2.75, 3.05) is 45.3 Å². The van der Waals surface area contributed by atoms with Crippen molar-refractivity contribution in [2.45, 2.75) is 17.7 Å². The summed E-state index contributed by atoms with van der Waals surface area (Å²) in [6, 6.07) is 10.1. The molecule has 3 heterocycles. The number of sulfonamides is 1. The van der Waals surface area contributed by atoms with E-state index in [4.69, 9.17) is 9.47 Å². The number of fused-ring (bicyclic) bond motifs is 1. The molecule has 1 aliphatic heterocycles. The molecule has 5 rings (SSSR count). The van der Waals surface area contributed by atoms with Crippen LogP contribution in [0.15, 0.2) is 59.9 Å². The predicted octanol–water partition coefficient (Wildman–Crippen LogP) is 3.61. The molecule has 1 saturated heterocycles. The van der Waals surface area contributed by atoms with Crippen molar-refractivity contribution in [2.24, 2.45) is 0 Å². The maximum absolute atomic E-state index is 13.5. The van der Waals surface area contributed by atoms with Crippen LogP contribution in [0.25, 0.3) is 16.9 Å². The summed E-state index contributed by atoms with van der Waals surface area (Å²) in [6.45, 7) is 0.760. The molecule has 0 bridgehead atoms. The van der Waals surface area contributed by atoms with E-state index in [0.29, 0.717) is 41.6 Å². The normalized spacial score (nSPS) is 15.2. The van der Waals surface area contributed by atoms with Gasteiger partial charge in [-0.2, -0.15) is 18.9 Å². The zero-order valence-electron chi connectivity index (χ0n) is 21.5. The highest BCUT2D eigenvalue weighted by atomic mass is 32.2. The lowest BCUT2D eigenvalue weighted by Crippen LogP contribution is -2.36. The molecule has 0 atom stereocenters. The first-order valence-electron chi connectivity index (χ1n) is 12.1. The third kappa shape index (κ3) is 5.34. The number of halogens is 3. The van der Waals surface area contributed by atoms with Gasteiger partial charge in [-0.15, -0.1) is 13.2 Å². The quantitative estimate of drug-likeness (QED) is 0.325. The van der Waals surface area contributed by atoms with Crippen molar-refractivity contribution < 1.29 is 35.8 Å². The number of ether oxygens (including phenoxy) is 3. The standard InChI is InChI=1S/C25H25F3N6O5S/c1-37-19-9-8-17(14-21(19)38-2)18-15-29-24-30-16-31-34(24)23(18)32-10-5-11-33(13-12-32)40(35,36)22-7-4-3-6-20(22)39-25(26,27)28/h3-4,6-9,14-16H,5,10-13H2,1-2H3. The number of rotatable bonds is 7. The molecule has 1 fully saturated rings. The third-order valence-corrected chi connectivity index (χ3v) is 8.36. The lowest BCUT2D eigenvalue weighted by atomic mass is 10.1. The van der Waals surface area contributed by atoms with E-state index in [-0.39, 0.29) is 19.6 Å². The minimum absolute atomic E-state index is 0.00652. The molecular formula is C25H25F3N6O5S. The summed E-state index contributed by atoms with van der Waals surface area (Å²) in [6.07, 6.45) is -1.61. The SMILES string of the molecule is COc1ccc(-c2cnc3ncnn3c2N2CCCN(S(=O)(=O)c3ccccc3OC(F)(F)F)CC2)cc1OC. The smallest absolute Gasteiger partial charge is 0.493 e. The van der Waals surface area contributed by atoms with Crippen molar-refractivity contribution in [3.05, 3.63) is 55.0 Å². The van der Waals surface area contributed by atoms with Crippen LogP contribution in [0.4, 0.5) is 19.0 Å². The van der Waals surface area contributed by atoms with E-state index in [9.17, 15) is 21.6 Å². The van der Waals surface area contributed by atoms with Crippen LogP contribution in [-0.2, 0) is 10.0 Å². The van der Waals surface area contributed by atoms with Gasteiger partial charge in [0.1, 0.15) is 22.8 Å². The van der Waals surface area contributed by atoms with Crippen LogP contribution >= 0.6 is 0 Å². The van der Waals surface area contributed by atoms with E-state index < -0.39 is 27.0 Å². The Kier molecular flexibility index (Phi) is 7.42. The average Bonchev–Trinajstić information content (AvgIpc) is 3.27. The van der Waals surface area contributed by atoms with Crippen molar-refractivity contribution in [3.63, 3.8) is 0 Å². The molecule has 1 aliphatic rings. The fourth-order valence-corrected chi connectivity index (χ4v) is 6.22. The molecule has 11 nitrogen and oxygen atoms in total. The van der Waals surface area contributed by atoms with Crippen molar-refractivity contribution >= 4 is 21.6 Å². The summed E-state index contributed by atoms with van der Waals surface area (Å²) in [5.41, 5.74) is 1.45. The topological polar surface area (TPSA) is 111 Å². The van der Waals surface area contributed by atoms with Crippen molar-refractivity contribution in [3.8, 4) is 28.4 Å². The molecule has 0 aliphatic carbocycles. The van der Waals surface area contributed by atoms with Crippen LogP contribution in [-0.4, -0.2) is 79.1 Å². The number of hydrogen-bond donors (Lipinski definition) is 0. The first kappa shape index (κ1) is 27.5. The molecule has 0 amide bonds. The number of para-hydroxylation sites is 1. The second kappa shape index (κ2) is 10.8. The fraction of sp³-hybridized carbons (Fsp3) is 0.320. The summed E-state index contributed by atoms with van der Waals surface area (Å²) in [4.78, 5) is 10.0. The van der Waals surface area contributed by atoms with Gasteiger partial charge in [0.05, 0.1) is 14.2 Å². The van der Waals surface area contributed by atoms with Crippen LogP contribution < -0.4 is 19.1 Å².